The van der Waals surface area contributed by atoms with Gasteiger partial charge in [-0.25, -0.2) is 0 Å². The van der Waals surface area contributed by atoms with Crippen molar-refractivity contribution in [2.75, 3.05) is 6.61 Å². The number of hydrogen-bond acceptors (Lipinski definition) is 3. The lowest BCUT2D eigenvalue weighted by atomic mass is 9.97. The summed E-state index contributed by atoms with van der Waals surface area (Å²) in [6.45, 7) is 7.85. The predicted molar refractivity (Wildman–Crippen MR) is 59.0 cm³/mol. The second-order valence-corrected chi connectivity index (χ2v) is 3.96. The van der Waals surface area contributed by atoms with E-state index in [1.54, 1.807) is 26.1 Å². The number of hydrogen-bond donors (Lipinski definition) is 0. The highest BCUT2D eigenvalue weighted by atomic mass is 16.5. The molecule has 0 aliphatic carbocycles. The Morgan fingerprint density at radius 3 is 2.60 bits per heavy atom. The van der Waals surface area contributed by atoms with Gasteiger partial charge in [-0.2, -0.15) is 0 Å². The van der Waals surface area contributed by atoms with Gasteiger partial charge in [0.15, 0.2) is 5.78 Å². The highest BCUT2D eigenvalue weighted by Gasteiger charge is 2.28. The summed E-state index contributed by atoms with van der Waals surface area (Å²) in [6.07, 6.45) is 1.60. The molecule has 0 fully saturated rings. The first kappa shape index (κ1) is 11.9. The SMILES string of the molecule is CCOC(C)(C)C(=O)c1ccc(C)nc1. The molecule has 0 aliphatic rings. The fraction of sp³-hybridized carbons (Fsp3) is 0.500. The average molecular weight is 207 g/mol. The fourth-order valence-corrected chi connectivity index (χ4v) is 1.38. The molecule has 0 aliphatic heterocycles. The number of rotatable bonds is 4. The Hall–Kier alpha value is -1.22. The number of nitrogens with zero attached hydrogens (tertiary/aromatic N) is 1. The smallest absolute Gasteiger partial charge is 0.195 e. The Bertz CT molecular complexity index is 341. The van der Waals surface area contributed by atoms with Gasteiger partial charge in [0.1, 0.15) is 5.60 Å². The third kappa shape index (κ3) is 2.86. The molecule has 1 aromatic heterocycles. The molecule has 3 heteroatoms. The first-order valence-electron chi connectivity index (χ1n) is 5.09. The summed E-state index contributed by atoms with van der Waals surface area (Å²) in [6, 6.07) is 3.61. The summed E-state index contributed by atoms with van der Waals surface area (Å²) in [7, 11) is 0. The van der Waals surface area contributed by atoms with Crippen molar-refractivity contribution < 1.29 is 9.53 Å². The number of Topliss-reactive ketones (excluding diaryl/α,β-unsaturated/α-hetero) is 1. The maximum absolute atomic E-state index is 12.0. The quantitative estimate of drug-likeness (QED) is 0.711. The summed E-state index contributed by atoms with van der Waals surface area (Å²) >= 11 is 0. The van der Waals surface area contributed by atoms with Gasteiger partial charge in [0.05, 0.1) is 0 Å². The third-order valence-electron chi connectivity index (χ3n) is 2.23. The Morgan fingerprint density at radius 2 is 2.13 bits per heavy atom. The van der Waals surface area contributed by atoms with Gasteiger partial charge >= 0.3 is 0 Å². The van der Waals surface area contributed by atoms with Gasteiger partial charge < -0.3 is 4.74 Å². The summed E-state index contributed by atoms with van der Waals surface area (Å²) in [5, 5.41) is 0. The van der Waals surface area contributed by atoms with Gasteiger partial charge in [0.25, 0.3) is 0 Å². The molecular weight excluding hydrogens is 190 g/mol. The molecule has 0 unspecified atom stereocenters. The van der Waals surface area contributed by atoms with Gasteiger partial charge in [-0.3, -0.25) is 9.78 Å². The molecule has 0 amide bonds. The Kier molecular flexibility index (Phi) is 3.58. The van der Waals surface area contributed by atoms with Crippen molar-refractivity contribution in [3.8, 4) is 0 Å². The normalized spacial score (nSPS) is 11.5. The van der Waals surface area contributed by atoms with E-state index in [4.69, 9.17) is 4.74 Å². The molecule has 0 saturated heterocycles. The molecule has 0 saturated carbocycles. The molecule has 0 N–H and O–H groups in total. The minimum absolute atomic E-state index is 0.0307. The first-order valence-corrected chi connectivity index (χ1v) is 5.09. The van der Waals surface area contributed by atoms with Crippen molar-refractivity contribution >= 4 is 5.78 Å². The van der Waals surface area contributed by atoms with Gasteiger partial charge in [-0.1, -0.05) is 0 Å². The lowest BCUT2D eigenvalue weighted by molar-refractivity contribution is 0.00123. The molecule has 1 aromatic rings. The van der Waals surface area contributed by atoms with Crippen LogP contribution in [0.5, 0.6) is 0 Å². The zero-order chi connectivity index (χ0) is 11.5. The molecule has 0 radical (unpaired) electrons. The van der Waals surface area contributed by atoms with Crippen molar-refractivity contribution in [2.24, 2.45) is 0 Å². The number of ketones is 1. The van der Waals surface area contributed by atoms with Crippen molar-refractivity contribution in [3.63, 3.8) is 0 Å². The summed E-state index contributed by atoms with van der Waals surface area (Å²) in [5.41, 5.74) is 0.728. The van der Waals surface area contributed by atoms with E-state index >= 15 is 0 Å². The molecule has 3 nitrogen and oxygen atoms in total. The van der Waals surface area contributed by atoms with Crippen LogP contribution in [0, 0.1) is 6.92 Å². The Labute approximate surface area is 90.5 Å². The maximum atomic E-state index is 12.0. The van der Waals surface area contributed by atoms with Crippen LogP contribution in [-0.4, -0.2) is 23.0 Å². The van der Waals surface area contributed by atoms with Crippen LogP contribution in [0.2, 0.25) is 0 Å². The highest BCUT2D eigenvalue weighted by Crippen LogP contribution is 2.16. The minimum atomic E-state index is -0.772. The summed E-state index contributed by atoms with van der Waals surface area (Å²) < 4.78 is 5.40. The number of aromatic nitrogens is 1. The van der Waals surface area contributed by atoms with Crippen LogP contribution in [0.15, 0.2) is 18.3 Å². The highest BCUT2D eigenvalue weighted by molar-refractivity contribution is 6.01. The van der Waals surface area contributed by atoms with Crippen LogP contribution in [0.1, 0.15) is 36.8 Å². The average Bonchev–Trinajstić information content (AvgIpc) is 2.18. The van der Waals surface area contributed by atoms with Crippen molar-refractivity contribution in [2.45, 2.75) is 33.3 Å². The zero-order valence-electron chi connectivity index (χ0n) is 9.70. The molecule has 0 spiro atoms. The fourth-order valence-electron chi connectivity index (χ4n) is 1.38. The monoisotopic (exact) mass is 207 g/mol. The van der Waals surface area contributed by atoms with Crippen LogP contribution in [0.3, 0.4) is 0 Å². The lowest BCUT2D eigenvalue weighted by Crippen LogP contribution is -2.35. The van der Waals surface area contributed by atoms with E-state index in [0.717, 1.165) is 5.69 Å². The minimum Gasteiger partial charge on any atom is -0.368 e. The largest absolute Gasteiger partial charge is 0.368 e. The standard InChI is InChI=1S/C12H17NO2/c1-5-15-12(3,4)11(14)10-7-6-9(2)13-8-10/h6-8H,5H2,1-4H3. The lowest BCUT2D eigenvalue weighted by Gasteiger charge is -2.22. The van der Waals surface area contributed by atoms with Crippen LogP contribution >= 0.6 is 0 Å². The zero-order valence-corrected chi connectivity index (χ0v) is 9.70. The second-order valence-electron chi connectivity index (χ2n) is 3.96. The van der Waals surface area contributed by atoms with Gasteiger partial charge in [-0.15, -0.1) is 0 Å². The van der Waals surface area contributed by atoms with Crippen LogP contribution in [-0.2, 0) is 4.74 Å². The predicted octanol–water partition coefficient (Wildman–Crippen LogP) is 2.39. The molecule has 82 valence electrons. The second kappa shape index (κ2) is 4.53. The van der Waals surface area contributed by atoms with E-state index in [0.29, 0.717) is 12.2 Å². The maximum Gasteiger partial charge on any atom is 0.195 e. The van der Waals surface area contributed by atoms with Crippen molar-refractivity contribution in [3.05, 3.63) is 29.6 Å². The summed E-state index contributed by atoms with van der Waals surface area (Å²) in [5.74, 6) is -0.0307. The van der Waals surface area contributed by atoms with Gasteiger partial charge in [0.2, 0.25) is 0 Å². The molecule has 15 heavy (non-hydrogen) atoms. The van der Waals surface area contributed by atoms with Crippen molar-refractivity contribution in [1.29, 1.82) is 0 Å². The number of carbonyl (C=O) groups is 1. The van der Waals surface area contributed by atoms with E-state index in [9.17, 15) is 4.79 Å². The molecular formula is C12H17NO2. The number of carbonyl (C=O) groups excluding carboxylic acids is 1. The molecule has 1 rings (SSSR count). The van der Waals surface area contributed by atoms with Gasteiger partial charge in [0, 0.05) is 24.1 Å². The van der Waals surface area contributed by atoms with E-state index in [2.05, 4.69) is 4.98 Å². The van der Waals surface area contributed by atoms with E-state index in [1.165, 1.54) is 0 Å². The molecule has 0 aromatic carbocycles. The number of pyridine rings is 1. The number of ether oxygens (including phenoxy) is 1. The Balaban J connectivity index is 2.89. The van der Waals surface area contributed by atoms with Crippen LogP contribution < -0.4 is 0 Å². The Morgan fingerprint density at radius 1 is 1.47 bits per heavy atom. The van der Waals surface area contributed by atoms with Crippen LogP contribution in [0.4, 0.5) is 0 Å². The van der Waals surface area contributed by atoms with Gasteiger partial charge in [-0.05, 0) is 39.8 Å². The first-order chi connectivity index (χ1) is 6.97. The van der Waals surface area contributed by atoms with Crippen molar-refractivity contribution in [1.82, 2.24) is 4.98 Å². The molecule has 0 atom stereocenters. The van der Waals surface area contributed by atoms with E-state index in [1.807, 2.05) is 19.9 Å². The van der Waals surface area contributed by atoms with Crippen LogP contribution in [0.25, 0.3) is 0 Å². The topological polar surface area (TPSA) is 39.2 Å². The third-order valence-corrected chi connectivity index (χ3v) is 2.23. The van der Waals surface area contributed by atoms with E-state index in [-0.39, 0.29) is 5.78 Å². The summed E-state index contributed by atoms with van der Waals surface area (Å²) in [4.78, 5) is 16.1. The molecule has 0 bridgehead atoms. The number of aryl methyl sites for hydroxylation is 1. The van der Waals surface area contributed by atoms with E-state index < -0.39 is 5.60 Å². The molecule has 1 heterocycles.